The van der Waals surface area contributed by atoms with Gasteiger partial charge in [-0.05, 0) is 43.3 Å². The topological polar surface area (TPSA) is 39.2 Å². The Balaban J connectivity index is 1.76. The second-order valence-corrected chi connectivity index (χ2v) is 6.56. The van der Waals surface area contributed by atoms with E-state index in [0.29, 0.717) is 5.56 Å². The molecule has 0 bridgehead atoms. The van der Waals surface area contributed by atoms with Crippen molar-refractivity contribution in [3.05, 3.63) is 66.2 Å². The number of rotatable bonds is 5. The minimum atomic E-state index is -0.197. The lowest BCUT2D eigenvalue weighted by molar-refractivity contribution is 0.0994. The number of hydrogen-bond acceptors (Lipinski definition) is 4. The summed E-state index contributed by atoms with van der Waals surface area (Å²) in [4.78, 5) is 17.1. The van der Waals surface area contributed by atoms with E-state index >= 15 is 0 Å². The normalized spacial score (nSPS) is 12.1. The summed E-state index contributed by atoms with van der Waals surface area (Å²) in [5, 5.41) is 1.76. The minimum absolute atomic E-state index is 0.0904. The lowest BCUT2D eigenvalue weighted by Crippen LogP contribution is -2.13. The number of nitrogens with zero attached hydrogens (tertiary/aromatic N) is 1. The molecule has 1 atom stereocenters. The summed E-state index contributed by atoms with van der Waals surface area (Å²) in [6, 6.07) is 19.2. The quantitative estimate of drug-likeness (QED) is 0.508. The number of aromatic nitrogens is 1. The van der Waals surface area contributed by atoms with Gasteiger partial charge in [-0.15, -0.1) is 0 Å². The molecule has 2 aromatic carbocycles. The van der Waals surface area contributed by atoms with Gasteiger partial charge in [-0.25, -0.2) is 4.98 Å². The van der Waals surface area contributed by atoms with Crippen LogP contribution >= 0.6 is 11.8 Å². The number of thioether (sulfide) groups is 1. The third kappa shape index (κ3) is 3.54. The van der Waals surface area contributed by atoms with Gasteiger partial charge in [0.05, 0.1) is 22.9 Å². The zero-order valence-corrected chi connectivity index (χ0v) is 13.8. The van der Waals surface area contributed by atoms with Gasteiger partial charge in [0.2, 0.25) is 0 Å². The Morgan fingerprint density at radius 1 is 1.04 bits per heavy atom. The van der Waals surface area contributed by atoms with E-state index in [4.69, 9.17) is 4.74 Å². The van der Waals surface area contributed by atoms with Gasteiger partial charge in [0.25, 0.3) is 0 Å². The van der Waals surface area contributed by atoms with E-state index in [0.717, 1.165) is 21.7 Å². The number of para-hydroxylation sites is 1. The van der Waals surface area contributed by atoms with E-state index in [9.17, 15) is 4.79 Å². The highest BCUT2D eigenvalue weighted by molar-refractivity contribution is 8.00. The highest BCUT2D eigenvalue weighted by Crippen LogP contribution is 2.26. The fourth-order valence-electron chi connectivity index (χ4n) is 2.34. The number of fused-ring (bicyclic) bond motifs is 1. The first-order chi connectivity index (χ1) is 11.2. The summed E-state index contributed by atoms with van der Waals surface area (Å²) in [6.45, 7) is 1.91. The lowest BCUT2D eigenvalue weighted by atomic mass is 10.1. The van der Waals surface area contributed by atoms with Gasteiger partial charge in [0, 0.05) is 10.9 Å². The van der Waals surface area contributed by atoms with Crippen molar-refractivity contribution in [2.75, 3.05) is 7.11 Å². The maximum atomic E-state index is 12.5. The molecule has 0 amide bonds. The van der Waals surface area contributed by atoms with E-state index in [1.165, 1.54) is 11.8 Å². The first kappa shape index (κ1) is 15.6. The zero-order valence-electron chi connectivity index (χ0n) is 13.0. The lowest BCUT2D eigenvalue weighted by Gasteiger charge is -2.10. The van der Waals surface area contributed by atoms with Crippen LogP contribution in [0.1, 0.15) is 17.3 Å². The number of ether oxygens (including phenoxy) is 1. The van der Waals surface area contributed by atoms with Crippen LogP contribution in [-0.2, 0) is 0 Å². The predicted molar refractivity (Wildman–Crippen MR) is 94.4 cm³/mol. The number of methoxy groups -OCH3 is 1. The zero-order chi connectivity index (χ0) is 16.2. The molecule has 0 aliphatic carbocycles. The molecular formula is C19H17NO2S. The molecule has 1 heterocycles. The van der Waals surface area contributed by atoms with Crippen LogP contribution in [-0.4, -0.2) is 23.1 Å². The third-order valence-electron chi connectivity index (χ3n) is 3.61. The van der Waals surface area contributed by atoms with Gasteiger partial charge < -0.3 is 4.74 Å². The number of carbonyl (C=O) groups excluding carboxylic acids is 1. The van der Waals surface area contributed by atoms with Gasteiger partial charge in [0.15, 0.2) is 5.78 Å². The molecule has 0 N–H and O–H groups in total. The molecule has 3 aromatic rings. The molecule has 1 unspecified atom stereocenters. The molecule has 0 aliphatic heterocycles. The molecule has 0 saturated carbocycles. The second-order valence-electron chi connectivity index (χ2n) is 5.20. The largest absolute Gasteiger partial charge is 0.497 e. The monoisotopic (exact) mass is 323 g/mol. The van der Waals surface area contributed by atoms with Gasteiger partial charge >= 0.3 is 0 Å². The Bertz CT molecular complexity index is 830. The number of carbonyl (C=O) groups is 1. The molecule has 0 fully saturated rings. The Hall–Kier alpha value is -2.33. The molecule has 3 rings (SSSR count). The number of Topliss-reactive ketones (excluding diaryl/α,β-unsaturated/α-hetero) is 1. The average Bonchev–Trinajstić information content (AvgIpc) is 2.61. The molecule has 3 nitrogen and oxygen atoms in total. The van der Waals surface area contributed by atoms with Crippen LogP contribution in [0.25, 0.3) is 10.9 Å². The summed E-state index contributed by atoms with van der Waals surface area (Å²) in [7, 11) is 1.61. The van der Waals surface area contributed by atoms with E-state index in [1.54, 1.807) is 31.4 Å². The Labute approximate surface area is 139 Å². The second kappa shape index (κ2) is 6.84. The van der Waals surface area contributed by atoms with Crippen molar-refractivity contribution >= 4 is 28.4 Å². The van der Waals surface area contributed by atoms with Crippen LogP contribution in [0.5, 0.6) is 5.75 Å². The Kier molecular flexibility index (Phi) is 4.63. The highest BCUT2D eigenvalue weighted by atomic mass is 32.2. The molecule has 116 valence electrons. The highest BCUT2D eigenvalue weighted by Gasteiger charge is 2.17. The van der Waals surface area contributed by atoms with Crippen molar-refractivity contribution in [2.45, 2.75) is 17.2 Å². The molecule has 1 aromatic heterocycles. The van der Waals surface area contributed by atoms with Gasteiger partial charge in [-0.2, -0.15) is 0 Å². The molecule has 23 heavy (non-hydrogen) atoms. The number of ketones is 1. The van der Waals surface area contributed by atoms with E-state index in [2.05, 4.69) is 4.98 Å². The van der Waals surface area contributed by atoms with Gasteiger partial charge in [0.1, 0.15) is 5.75 Å². The molecule has 4 heteroatoms. The maximum absolute atomic E-state index is 12.5. The Morgan fingerprint density at radius 3 is 2.52 bits per heavy atom. The van der Waals surface area contributed by atoms with Crippen LogP contribution < -0.4 is 4.74 Å². The molecule has 0 radical (unpaired) electrons. The van der Waals surface area contributed by atoms with Crippen LogP contribution in [0.4, 0.5) is 0 Å². The SMILES string of the molecule is COc1ccc(C(=O)C(C)Sc2ccc3ccccc3n2)cc1. The van der Waals surface area contributed by atoms with Crippen molar-refractivity contribution in [1.29, 1.82) is 0 Å². The summed E-state index contributed by atoms with van der Waals surface area (Å²) < 4.78 is 5.12. The van der Waals surface area contributed by atoms with Crippen molar-refractivity contribution in [3.63, 3.8) is 0 Å². The van der Waals surface area contributed by atoms with Crippen LogP contribution in [0.15, 0.2) is 65.7 Å². The summed E-state index contributed by atoms with van der Waals surface area (Å²) >= 11 is 1.48. The molecule has 0 saturated heterocycles. The number of pyridine rings is 1. The van der Waals surface area contributed by atoms with Gasteiger partial charge in [-0.1, -0.05) is 36.0 Å². The van der Waals surface area contributed by atoms with Crippen LogP contribution in [0.3, 0.4) is 0 Å². The standard InChI is InChI=1S/C19H17NO2S/c1-13(19(21)15-7-10-16(22-2)11-8-15)23-18-12-9-14-5-3-4-6-17(14)20-18/h3-13H,1-2H3. The number of benzene rings is 2. The minimum Gasteiger partial charge on any atom is -0.497 e. The van der Waals surface area contributed by atoms with E-state index in [1.807, 2.05) is 43.3 Å². The fraction of sp³-hybridized carbons (Fsp3) is 0.158. The summed E-state index contributed by atoms with van der Waals surface area (Å²) in [5.41, 5.74) is 1.63. The van der Waals surface area contributed by atoms with Crippen LogP contribution in [0, 0.1) is 0 Å². The van der Waals surface area contributed by atoms with Crippen molar-refractivity contribution in [3.8, 4) is 5.75 Å². The molecular weight excluding hydrogens is 306 g/mol. The predicted octanol–water partition coefficient (Wildman–Crippen LogP) is 4.61. The maximum Gasteiger partial charge on any atom is 0.175 e. The van der Waals surface area contributed by atoms with Crippen LogP contribution in [0.2, 0.25) is 0 Å². The fourth-order valence-corrected chi connectivity index (χ4v) is 3.24. The van der Waals surface area contributed by atoms with Crippen molar-refractivity contribution in [1.82, 2.24) is 4.98 Å². The van der Waals surface area contributed by atoms with E-state index < -0.39 is 0 Å². The first-order valence-electron chi connectivity index (χ1n) is 7.38. The van der Waals surface area contributed by atoms with Crippen molar-refractivity contribution < 1.29 is 9.53 Å². The van der Waals surface area contributed by atoms with Gasteiger partial charge in [-0.3, -0.25) is 4.79 Å². The smallest absolute Gasteiger partial charge is 0.175 e. The first-order valence-corrected chi connectivity index (χ1v) is 8.26. The number of hydrogen-bond donors (Lipinski definition) is 0. The summed E-state index contributed by atoms with van der Waals surface area (Å²) in [5.74, 6) is 0.839. The van der Waals surface area contributed by atoms with Crippen molar-refractivity contribution in [2.24, 2.45) is 0 Å². The van der Waals surface area contributed by atoms with E-state index in [-0.39, 0.29) is 11.0 Å². The molecule has 0 aliphatic rings. The Morgan fingerprint density at radius 2 is 1.78 bits per heavy atom. The third-order valence-corrected chi connectivity index (χ3v) is 4.65. The summed E-state index contributed by atoms with van der Waals surface area (Å²) in [6.07, 6.45) is 0. The average molecular weight is 323 g/mol. The molecule has 0 spiro atoms.